The minimum absolute atomic E-state index is 0. The molecule has 0 spiro atoms. The van der Waals surface area contributed by atoms with Gasteiger partial charge in [-0.3, -0.25) is 9.79 Å². The van der Waals surface area contributed by atoms with E-state index in [1.165, 1.54) is 12.6 Å². The van der Waals surface area contributed by atoms with Crippen LogP contribution in [0.1, 0.15) is 0 Å². The van der Waals surface area contributed by atoms with Gasteiger partial charge in [-0.05, 0) is 0 Å². The van der Waals surface area contributed by atoms with Crippen molar-refractivity contribution in [3.05, 3.63) is 0 Å². The van der Waals surface area contributed by atoms with Crippen molar-refractivity contribution in [2.45, 2.75) is 0 Å². The van der Waals surface area contributed by atoms with Gasteiger partial charge in [-0.2, -0.15) is 0 Å². The second-order valence-corrected chi connectivity index (χ2v) is 1.20. The summed E-state index contributed by atoms with van der Waals surface area (Å²) in [5, 5.41) is 0. The molecular formula is C4H6Cl2N2O. The fraction of sp³-hybridized carbons (Fsp3) is 0.250. The second kappa shape index (κ2) is 5.72. The Kier molecular flexibility index (Phi) is 7.24. The molecule has 0 aromatic heterocycles. The zero-order chi connectivity index (χ0) is 5.11. The molecule has 5 heteroatoms. The molecular weight excluding hydrogens is 163 g/mol. The smallest absolute Gasteiger partial charge is 0.195 e. The second-order valence-electron chi connectivity index (χ2n) is 1.20. The van der Waals surface area contributed by atoms with Gasteiger partial charge >= 0.3 is 0 Å². The molecule has 3 nitrogen and oxygen atoms in total. The number of aliphatic imine (C=N–C) groups is 2. The Hall–Kier alpha value is -0.410. The fourth-order valence-electron chi connectivity index (χ4n) is 0.335. The van der Waals surface area contributed by atoms with E-state index in [1.807, 2.05) is 0 Å². The lowest BCUT2D eigenvalue weighted by atomic mass is 10.4. The maximum atomic E-state index is 10.2. The highest BCUT2D eigenvalue weighted by molar-refractivity contribution is 6.30. The average molecular weight is 169 g/mol. The summed E-state index contributed by atoms with van der Waals surface area (Å²) in [6.45, 7) is 0.267. The molecule has 0 aliphatic carbocycles. The van der Waals surface area contributed by atoms with Crippen LogP contribution in [-0.2, 0) is 4.79 Å². The molecule has 0 saturated heterocycles. The minimum atomic E-state index is -0.0255. The summed E-state index contributed by atoms with van der Waals surface area (Å²) in [6.07, 6.45) is 2.65. The van der Waals surface area contributed by atoms with Crippen LogP contribution in [0.25, 0.3) is 0 Å². The molecule has 1 heterocycles. The maximum Gasteiger partial charge on any atom is 0.195 e. The number of carbonyl (C=O) groups excluding carboxylic acids is 1. The first kappa shape index (κ1) is 11.4. The van der Waals surface area contributed by atoms with Gasteiger partial charge in [-0.15, -0.1) is 24.8 Å². The molecule has 9 heavy (non-hydrogen) atoms. The molecule has 0 bridgehead atoms. The van der Waals surface area contributed by atoms with Crippen LogP contribution in [-0.4, -0.2) is 24.9 Å². The maximum absolute atomic E-state index is 10.2. The first-order valence-corrected chi connectivity index (χ1v) is 1.94. The lowest BCUT2D eigenvalue weighted by Crippen LogP contribution is -2.06. The van der Waals surface area contributed by atoms with Gasteiger partial charge in [0, 0.05) is 0 Å². The quantitative estimate of drug-likeness (QED) is 0.520. The first-order valence-electron chi connectivity index (χ1n) is 1.94. The van der Waals surface area contributed by atoms with Crippen LogP contribution in [0.15, 0.2) is 9.98 Å². The summed E-state index contributed by atoms with van der Waals surface area (Å²) < 4.78 is 0. The van der Waals surface area contributed by atoms with E-state index < -0.39 is 0 Å². The van der Waals surface area contributed by atoms with Crippen LogP contribution in [0, 0.1) is 0 Å². The molecule has 0 radical (unpaired) electrons. The molecule has 0 saturated carbocycles. The van der Waals surface area contributed by atoms with Crippen molar-refractivity contribution in [3.8, 4) is 0 Å². The van der Waals surface area contributed by atoms with Crippen molar-refractivity contribution in [1.82, 2.24) is 0 Å². The Morgan fingerprint density at radius 1 is 1.44 bits per heavy atom. The Labute approximate surface area is 65.1 Å². The van der Waals surface area contributed by atoms with E-state index >= 15 is 0 Å². The molecule has 52 valence electrons. The molecule has 1 rings (SSSR count). The number of Topliss-reactive ketones (excluding diaryl/α,β-unsaturated/α-hetero) is 1. The van der Waals surface area contributed by atoms with E-state index in [9.17, 15) is 4.79 Å². The van der Waals surface area contributed by atoms with Gasteiger partial charge in [0.15, 0.2) is 5.78 Å². The van der Waals surface area contributed by atoms with Gasteiger partial charge in [0.2, 0.25) is 0 Å². The van der Waals surface area contributed by atoms with Crippen molar-refractivity contribution < 1.29 is 4.79 Å². The lowest BCUT2D eigenvalue weighted by molar-refractivity contribution is -0.111. The van der Waals surface area contributed by atoms with E-state index in [0.29, 0.717) is 0 Å². The van der Waals surface area contributed by atoms with Gasteiger partial charge < -0.3 is 0 Å². The lowest BCUT2D eigenvalue weighted by Gasteiger charge is -1.88. The summed E-state index contributed by atoms with van der Waals surface area (Å²) in [6, 6.07) is 0. The van der Waals surface area contributed by atoms with Gasteiger partial charge in [0.25, 0.3) is 0 Å². The number of rotatable bonds is 0. The molecule has 1 aliphatic rings. The summed E-state index contributed by atoms with van der Waals surface area (Å²) in [5.74, 6) is -0.0255. The molecule has 1 aliphatic heterocycles. The molecule has 0 amide bonds. The van der Waals surface area contributed by atoms with Crippen LogP contribution in [0.2, 0.25) is 0 Å². The van der Waals surface area contributed by atoms with Crippen LogP contribution < -0.4 is 0 Å². The Morgan fingerprint density at radius 3 is 2.33 bits per heavy atom. The Balaban J connectivity index is 0. The first-order chi connectivity index (χ1) is 3.39. The predicted octanol–water partition coefficient (Wildman–Crippen LogP) is 0.512. The van der Waals surface area contributed by atoms with Crippen LogP contribution in [0.3, 0.4) is 0 Å². The largest absolute Gasteiger partial charge is 0.291 e. The topological polar surface area (TPSA) is 41.8 Å². The number of carbonyl (C=O) groups is 1. The highest BCUT2D eigenvalue weighted by atomic mass is 35.5. The Bertz CT molecular complexity index is 144. The zero-order valence-electron chi connectivity index (χ0n) is 4.48. The molecule has 0 N–H and O–H groups in total. The normalized spacial score (nSPS) is 14.0. The summed E-state index contributed by atoms with van der Waals surface area (Å²) in [4.78, 5) is 17.3. The van der Waals surface area contributed by atoms with E-state index in [4.69, 9.17) is 0 Å². The predicted molar refractivity (Wildman–Crippen MR) is 41.4 cm³/mol. The number of hydrogen-bond donors (Lipinski definition) is 0. The molecule has 0 unspecified atom stereocenters. The van der Waals surface area contributed by atoms with E-state index in [-0.39, 0.29) is 37.1 Å². The van der Waals surface area contributed by atoms with Crippen molar-refractivity contribution in [2.75, 3.05) is 6.54 Å². The van der Waals surface area contributed by atoms with Gasteiger partial charge in [-0.1, -0.05) is 0 Å². The summed E-state index contributed by atoms with van der Waals surface area (Å²) >= 11 is 0. The number of nitrogens with zero attached hydrogens (tertiary/aromatic N) is 2. The number of halogens is 2. The SMILES string of the molecule is Cl.Cl.O=C1C=NC=NC1. The van der Waals surface area contributed by atoms with Crippen LogP contribution in [0.4, 0.5) is 0 Å². The van der Waals surface area contributed by atoms with Crippen molar-refractivity contribution in [2.24, 2.45) is 9.98 Å². The van der Waals surface area contributed by atoms with Crippen molar-refractivity contribution in [3.63, 3.8) is 0 Å². The minimum Gasteiger partial charge on any atom is -0.291 e. The number of hydrogen-bond acceptors (Lipinski definition) is 3. The van der Waals surface area contributed by atoms with E-state index in [2.05, 4.69) is 9.98 Å². The summed E-state index contributed by atoms with van der Waals surface area (Å²) in [5.41, 5.74) is 0. The van der Waals surface area contributed by atoms with Gasteiger partial charge in [0.05, 0.1) is 6.21 Å². The van der Waals surface area contributed by atoms with Crippen molar-refractivity contribution >= 4 is 43.2 Å². The van der Waals surface area contributed by atoms with Crippen LogP contribution >= 0.6 is 24.8 Å². The van der Waals surface area contributed by atoms with Crippen molar-refractivity contribution in [1.29, 1.82) is 0 Å². The monoisotopic (exact) mass is 168 g/mol. The molecule has 0 fully saturated rings. The zero-order valence-corrected chi connectivity index (χ0v) is 6.11. The molecule has 0 aromatic carbocycles. The van der Waals surface area contributed by atoms with Gasteiger partial charge in [0.1, 0.15) is 12.9 Å². The van der Waals surface area contributed by atoms with E-state index in [0.717, 1.165) is 0 Å². The third-order valence-electron chi connectivity index (χ3n) is 0.614. The molecule has 0 atom stereocenters. The third-order valence-corrected chi connectivity index (χ3v) is 0.614. The third kappa shape index (κ3) is 4.12. The van der Waals surface area contributed by atoms with Crippen LogP contribution in [0.5, 0.6) is 0 Å². The Morgan fingerprint density at radius 2 is 2.11 bits per heavy atom. The standard InChI is InChI=1S/C4H4N2O.2ClH/c7-4-1-5-3-6-2-4;;/h1,3H,2H2;2*1H. The average Bonchev–Trinajstić information content (AvgIpc) is 1.69. The highest BCUT2D eigenvalue weighted by Gasteiger charge is 1.94. The fourth-order valence-corrected chi connectivity index (χ4v) is 0.335. The summed E-state index contributed by atoms with van der Waals surface area (Å²) in [7, 11) is 0. The highest BCUT2D eigenvalue weighted by Crippen LogP contribution is 1.76. The molecule has 0 aromatic rings. The van der Waals surface area contributed by atoms with Gasteiger partial charge in [-0.25, -0.2) is 4.99 Å². The van der Waals surface area contributed by atoms with E-state index in [1.54, 1.807) is 0 Å². The number of ketones is 1.